The summed E-state index contributed by atoms with van der Waals surface area (Å²) in [6.45, 7) is 9.85. The van der Waals surface area contributed by atoms with Gasteiger partial charge in [0.1, 0.15) is 81.1 Å². The van der Waals surface area contributed by atoms with Crippen LogP contribution in [0.15, 0.2) is 212 Å². The van der Waals surface area contributed by atoms with E-state index in [0.29, 0.717) is 84.9 Å². The van der Waals surface area contributed by atoms with Crippen molar-refractivity contribution in [1.82, 2.24) is 4.98 Å². The molecule has 9 aromatic carbocycles. The number of benzene rings is 9. The number of hydrogen-bond donors (Lipinski definition) is 0. The van der Waals surface area contributed by atoms with Crippen molar-refractivity contribution < 1.29 is 45.9 Å². The zero-order valence-electron chi connectivity index (χ0n) is 46.5. The van der Waals surface area contributed by atoms with Crippen molar-refractivity contribution >= 4 is 22.2 Å². The predicted molar refractivity (Wildman–Crippen MR) is 319 cm³/mol. The Kier molecular flexibility index (Phi) is 17.8. The molecule has 0 atom stereocenters. The molecule has 1 heterocycles. The number of ketones is 2. The van der Waals surface area contributed by atoms with Gasteiger partial charge in [0.2, 0.25) is 5.88 Å². The lowest BCUT2D eigenvalue weighted by molar-refractivity contribution is 0.103. The number of hydrogen-bond acceptors (Lipinski definition) is 14. The van der Waals surface area contributed by atoms with Crippen molar-refractivity contribution in [3.8, 4) is 98.1 Å². The molecule has 14 nitrogen and oxygen atoms in total. The van der Waals surface area contributed by atoms with Crippen LogP contribution < -0.4 is 23.7 Å². The van der Waals surface area contributed by atoms with Crippen LogP contribution >= 0.6 is 0 Å². The Labute approximate surface area is 492 Å². The summed E-state index contributed by atoms with van der Waals surface area (Å²) in [5, 5.41) is 31.3. The van der Waals surface area contributed by atoms with Gasteiger partial charge in [-0.1, -0.05) is 123 Å². The van der Waals surface area contributed by atoms with E-state index in [9.17, 15) is 20.6 Å². The number of ether oxygens (including phenoxy) is 5. The highest BCUT2D eigenvalue weighted by Gasteiger charge is 2.26. The summed E-state index contributed by atoms with van der Waals surface area (Å²) in [7, 11) is -3.11. The number of aromatic nitrogens is 1. The molecule has 85 heavy (non-hydrogen) atoms. The fraction of sp³-hybridized carbons (Fsp3) is 0.0857. The minimum absolute atomic E-state index is 0.155. The van der Waals surface area contributed by atoms with Crippen molar-refractivity contribution in [2.75, 3.05) is 0 Å². The normalized spacial score (nSPS) is 10.6. The standard InChI is InChI=1S/C70H50N4O7.O3S/c1-44-26-33-53(56(37-44)68(75)46-16-7-6-8-17-46)48-29-34-55(57(38-48)69(76)47-27-30-49(31-28-47)80-67-25-9-10-36-74-67)54-20-13-22-63(59(54)42-72)79-52-32-35-66(61(40-52)70(3,4)5)81-65-24-14-23-64(60(65)43-73)78-51-19-12-18-50(39-51)77-62-21-11-15-45(2)58(62)41-71;1-4(2)3/h6-40H,1-5H3;. The maximum absolute atomic E-state index is 15.0. The Morgan fingerprint density at radius 3 is 1.59 bits per heavy atom. The van der Waals surface area contributed by atoms with Crippen LogP contribution in [0.4, 0.5) is 0 Å². The maximum Gasteiger partial charge on any atom is 0.425 e. The Hall–Kier alpha value is -11.4. The first-order valence-corrected chi connectivity index (χ1v) is 27.4. The number of rotatable bonds is 16. The number of pyridine rings is 1. The quantitative estimate of drug-likeness (QED) is 0.0823. The third-order valence-electron chi connectivity index (χ3n) is 13.3. The van der Waals surface area contributed by atoms with E-state index in [1.165, 1.54) is 0 Å². The lowest BCUT2D eigenvalue weighted by Crippen LogP contribution is -2.13. The second-order valence-corrected chi connectivity index (χ2v) is 20.6. The largest absolute Gasteiger partial charge is 0.456 e. The van der Waals surface area contributed by atoms with E-state index in [2.05, 4.69) is 23.2 Å². The Morgan fingerprint density at radius 1 is 0.435 bits per heavy atom. The molecule has 0 saturated carbocycles. The number of aryl methyl sites for hydroxylation is 2. The maximum atomic E-state index is 15.0. The summed E-state index contributed by atoms with van der Waals surface area (Å²) in [6, 6.07) is 67.1. The topological polar surface area (TPSA) is 216 Å². The van der Waals surface area contributed by atoms with E-state index in [4.69, 9.17) is 36.3 Å². The number of carbonyl (C=O) groups is 2. The zero-order chi connectivity index (χ0) is 60.2. The van der Waals surface area contributed by atoms with Gasteiger partial charge in [-0.3, -0.25) is 9.59 Å². The number of nitrogens with zero attached hydrogens (tertiary/aromatic N) is 4. The summed E-state index contributed by atoms with van der Waals surface area (Å²) in [6.07, 6.45) is 1.63. The first-order chi connectivity index (χ1) is 41.0. The van der Waals surface area contributed by atoms with Crippen LogP contribution in [0.5, 0.6) is 57.6 Å². The molecule has 0 spiro atoms. The minimum Gasteiger partial charge on any atom is -0.456 e. The van der Waals surface area contributed by atoms with Gasteiger partial charge in [0.25, 0.3) is 0 Å². The molecule has 0 radical (unpaired) electrons. The van der Waals surface area contributed by atoms with Gasteiger partial charge in [-0.15, -0.1) is 12.6 Å². The van der Waals surface area contributed by atoms with Crippen molar-refractivity contribution in [3.63, 3.8) is 0 Å². The van der Waals surface area contributed by atoms with Crippen LogP contribution in [0, 0.1) is 47.8 Å². The molecule has 0 aliphatic rings. The van der Waals surface area contributed by atoms with Crippen LogP contribution in [0.1, 0.15) is 86.0 Å². The van der Waals surface area contributed by atoms with E-state index in [0.717, 1.165) is 16.7 Å². The highest BCUT2D eigenvalue weighted by molar-refractivity contribution is 7.59. The molecule has 0 aliphatic carbocycles. The van der Waals surface area contributed by atoms with Crippen LogP contribution in [0.3, 0.4) is 0 Å². The van der Waals surface area contributed by atoms with Gasteiger partial charge in [-0.2, -0.15) is 15.8 Å². The third-order valence-corrected chi connectivity index (χ3v) is 13.3. The van der Waals surface area contributed by atoms with Crippen LogP contribution in [-0.4, -0.2) is 29.2 Å². The smallest absolute Gasteiger partial charge is 0.425 e. The van der Waals surface area contributed by atoms with Gasteiger partial charge in [0, 0.05) is 51.7 Å². The molecule has 0 N–H and O–H groups in total. The van der Waals surface area contributed by atoms with Crippen molar-refractivity contribution in [2.45, 2.75) is 40.0 Å². The Morgan fingerprint density at radius 2 is 0.965 bits per heavy atom. The third kappa shape index (κ3) is 13.8. The van der Waals surface area contributed by atoms with Crippen LogP contribution in [-0.2, 0) is 16.0 Å². The molecule has 15 heteroatoms. The second kappa shape index (κ2) is 26.0. The molecular formula is C70H50N4O10S. The lowest BCUT2D eigenvalue weighted by Gasteiger charge is -2.24. The first-order valence-electron chi connectivity index (χ1n) is 26.4. The predicted octanol–water partition coefficient (Wildman–Crippen LogP) is 16.4. The number of carbonyl (C=O) groups excluding carboxylic acids is 2. The fourth-order valence-electron chi connectivity index (χ4n) is 9.30. The highest BCUT2D eigenvalue weighted by Crippen LogP contribution is 2.43. The number of nitriles is 3. The zero-order valence-corrected chi connectivity index (χ0v) is 47.3. The van der Waals surface area contributed by atoms with Gasteiger partial charge in [0.05, 0.1) is 5.56 Å². The van der Waals surface area contributed by atoms with Crippen molar-refractivity contribution in [2.24, 2.45) is 0 Å². The molecule has 0 aliphatic heterocycles. The summed E-state index contributed by atoms with van der Waals surface area (Å²) >= 11 is 0. The van der Waals surface area contributed by atoms with E-state index >= 15 is 4.79 Å². The van der Waals surface area contributed by atoms with E-state index in [-0.39, 0.29) is 45.5 Å². The lowest BCUT2D eigenvalue weighted by atomic mass is 9.86. The summed E-state index contributed by atoms with van der Waals surface area (Å²) in [5.41, 5.74) is 6.54. The summed E-state index contributed by atoms with van der Waals surface area (Å²) < 4.78 is 56.8. The Bertz CT molecular complexity index is 4420. The van der Waals surface area contributed by atoms with Gasteiger partial charge in [0.15, 0.2) is 11.6 Å². The average molecular weight is 1140 g/mol. The minimum atomic E-state index is -3.11. The Balaban J connectivity index is 0.00000210. The molecule has 10 rings (SSSR count). The summed E-state index contributed by atoms with van der Waals surface area (Å²) in [5.74, 6) is 3.27. The first kappa shape index (κ1) is 58.2. The molecule has 10 aromatic rings. The average Bonchev–Trinajstić information content (AvgIpc) is 2.63. The monoisotopic (exact) mass is 1140 g/mol. The molecule has 0 amide bonds. The van der Waals surface area contributed by atoms with Gasteiger partial charge in [-0.05, 0) is 139 Å². The molecule has 0 unspecified atom stereocenters. The molecule has 0 bridgehead atoms. The van der Waals surface area contributed by atoms with E-state index in [1.54, 1.807) is 146 Å². The van der Waals surface area contributed by atoms with Gasteiger partial charge in [-0.25, -0.2) is 4.98 Å². The van der Waals surface area contributed by atoms with Crippen LogP contribution in [0.2, 0.25) is 0 Å². The molecule has 416 valence electrons. The fourth-order valence-corrected chi connectivity index (χ4v) is 9.30. The van der Waals surface area contributed by atoms with Crippen molar-refractivity contribution in [3.05, 3.63) is 268 Å². The highest BCUT2D eigenvalue weighted by atomic mass is 32.2. The molecular weight excluding hydrogens is 1090 g/mol. The SMILES string of the molecule is Cc1ccc(-c2ccc(-c3cccc(Oc4ccc(Oc5cccc(Oc6cccc(Oc7cccc(C)c7C#N)c6)c5C#N)c(C(C)(C)C)c4)c3C#N)c(C(=O)c3ccc(Oc4ccccn4)cc3)c2)c(C(=O)c2ccccc2)c1.O=S(=O)=O. The van der Waals surface area contributed by atoms with Crippen LogP contribution in [0.25, 0.3) is 22.3 Å². The molecule has 1 aromatic heterocycles. The van der Waals surface area contributed by atoms with Gasteiger partial charge < -0.3 is 23.7 Å². The second-order valence-electron chi connectivity index (χ2n) is 20.2. The summed E-state index contributed by atoms with van der Waals surface area (Å²) in [4.78, 5) is 33.4. The van der Waals surface area contributed by atoms with Gasteiger partial charge >= 0.3 is 10.6 Å². The van der Waals surface area contributed by atoms with Crippen molar-refractivity contribution in [1.29, 1.82) is 15.8 Å². The van der Waals surface area contributed by atoms with E-state index in [1.807, 2.05) is 101 Å². The molecule has 0 saturated heterocycles. The van der Waals surface area contributed by atoms with E-state index < -0.39 is 16.0 Å². The molecule has 0 fully saturated rings.